The van der Waals surface area contributed by atoms with Crippen molar-refractivity contribution in [3.05, 3.63) is 66.1 Å². The number of anilines is 2. The Hall–Kier alpha value is -4.15. The number of amides is 3. The molecule has 1 aliphatic heterocycles. The summed E-state index contributed by atoms with van der Waals surface area (Å²) in [6.07, 6.45) is -2.64. The van der Waals surface area contributed by atoms with Crippen molar-refractivity contribution in [1.82, 2.24) is 18.8 Å². The van der Waals surface area contributed by atoms with Crippen LogP contribution in [-0.2, 0) is 23.2 Å². The summed E-state index contributed by atoms with van der Waals surface area (Å²) >= 11 is 0. The van der Waals surface area contributed by atoms with Gasteiger partial charge in [0.15, 0.2) is 10.8 Å². The second-order valence-electron chi connectivity index (χ2n) is 10.6. The van der Waals surface area contributed by atoms with Crippen LogP contribution >= 0.6 is 0 Å². The molecule has 2 heterocycles. The third-order valence-electron chi connectivity index (χ3n) is 7.20. The summed E-state index contributed by atoms with van der Waals surface area (Å²) in [4.78, 5) is 31.9. The predicted molar refractivity (Wildman–Crippen MR) is 155 cm³/mol. The van der Waals surface area contributed by atoms with Crippen molar-refractivity contribution in [3.63, 3.8) is 0 Å². The standard InChI is InChI=1S/C28H33F3N6O6S/c1-17-12-37(18(2)15-38)26(39)21-6-5-7-22(34-27(40)33-20-10-8-19(9-11-20)28(29,30)31)25(21)43-23(17)13-36(4)44(41,42)24-14-35(3)16-32-24/h5-11,14,16-18,23,38H,12-13,15H2,1-4H3,(H2,33,34,40)/t17-,18+,23-/m1/s1. The van der Waals surface area contributed by atoms with E-state index >= 15 is 0 Å². The average Bonchev–Trinajstić information content (AvgIpc) is 3.41. The number of aliphatic hydroxyl groups excluding tert-OH is 1. The molecule has 3 N–H and O–H groups in total. The summed E-state index contributed by atoms with van der Waals surface area (Å²) in [5.74, 6) is -0.958. The molecule has 0 aliphatic carbocycles. The van der Waals surface area contributed by atoms with Crippen LogP contribution < -0.4 is 15.4 Å². The highest BCUT2D eigenvalue weighted by Gasteiger charge is 2.37. The molecule has 3 atom stereocenters. The largest absolute Gasteiger partial charge is 0.486 e. The molecule has 44 heavy (non-hydrogen) atoms. The number of hydrogen-bond donors (Lipinski definition) is 3. The molecule has 0 spiro atoms. The van der Waals surface area contributed by atoms with Gasteiger partial charge in [0, 0.05) is 38.4 Å². The monoisotopic (exact) mass is 638 g/mol. The Bertz CT molecular complexity index is 1610. The van der Waals surface area contributed by atoms with Crippen LogP contribution in [0.5, 0.6) is 5.75 Å². The number of ether oxygens (including phenoxy) is 1. The maximum absolute atomic E-state index is 13.7. The van der Waals surface area contributed by atoms with Gasteiger partial charge in [0.1, 0.15) is 6.10 Å². The highest BCUT2D eigenvalue weighted by molar-refractivity contribution is 7.89. The number of rotatable bonds is 8. The van der Waals surface area contributed by atoms with E-state index in [1.807, 2.05) is 0 Å². The third-order valence-corrected chi connectivity index (χ3v) is 8.91. The summed E-state index contributed by atoms with van der Waals surface area (Å²) < 4.78 is 74.1. The smallest absolute Gasteiger partial charge is 0.416 e. The van der Waals surface area contributed by atoms with Gasteiger partial charge in [0.25, 0.3) is 15.9 Å². The first-order valence-electron chi connectivity index (χ1n) is 13.5. The fourth-order valence-corrected chi connectivity index (χ4v) is 5.76. The van der Waals surface area contributed by atoms with Gasteiger partial charge < -0.3 is 29.9 Å². The normalized spacial score (nSPS) is 18.2. The van der Waals surface area contributed by atoms with E-state index in [-0.39, 0.29) is 47.4 Å². The number of alkyl halides is 3. The van der Waals surface area contributed by atoms with Crippen LogP contribution in [0.1, 0.15) is 29.8 Å². The minimum atomic E-state index is -4.54. The number of benzene rings is 2. The fraction of sp³-hybridized carbons (Fsp3) is 0.393. The fourth-order valence-electron chi connectivity index (χ4n) is 4.62. The van der Waals surface area contributed by atoms with Gasteiger partial charge in [-0.3, -0.25) is 4.79 Å². The van der Waals surface area contributed by atoms with E-state index in [9.17, 15) is 36.3 Å². The highest BCUT2D eigenvalue weighted by Crippen LogP contribution is 2.35. The van der Waals surface area contributed by atoms with Gasteiger partial charge in [-0.1, -0.05) is 13.0 Å². The number of aryl methyl sites for hydroxylation is 1. The van der Waals surface area contributed by atoms with Crippen LogP contribution in [0.25, 0.3) is 0 Å². The van der Waals surface area contributed by atoms with Gasteiger partial charge in [-0.05, 0) is 43.3 Å². The first-order valence-corrected chi connectivity index (χ1v) is 15.0. The number of urea groups is 1. The van der Waals surface area contributed by atoms with Gasteiger partial charge in [-0.2, -0.15) is 17.5 Å². The molecule has 0 saturated heterocycles. The molecule has 12 nitrogen and oxygen atoms in total. The number of imidazole rings is 1. The molecule has 0 saturated carbocycles. The van der Waals surface area contributed by atoms with Crippen LogP contribution in [0.3, 0.4) is 0 Å². The molecule has 0 fully saturated rings. The van der Waals surface area contributed by atoms with Crippen molar-refractivity contribution < 1.29 is 41.0 Å². The molecule has 238 valence electrons. The van der Waals surface area contributed by atoms with E-state index in [0.29, 0.717) is 0 Å². The molecule has 4 rings (SSSR count). The zero-order chi connectivity index (χ0) is 32.4. The summed E-state index contributed by atoms with van der Waals surface area (Å²) in [5, 5.41) is 14.7. The SMILES string of the molecule is C[C@@H]1CN([C@@H](C)CO)C(=O)c2cccc(NC(=O)Nc3ccc(C(F)(F)F)cc3)c2O[C@@H]1CN(C)S(=O)(=O)c1cn(C)cn1. The van der Waals surface area contributed by atoms with E-state index in [4.69, 9.17) is 4.74 Å². The second-order valence-corrected chi connectivity index (χ2v) is 12.6. The number of sulfonamides is 1. The Morgan fingerprint density at radius 2 is 1.89 bits per heavy atom. The number of para-hydroxylation sites is 1. The van der Waals surface area contributed by atoms with Crippen molar-refractivity contribution >= 4 is 33.3 Å². The summed E-state index contributed by atoms with van der Waals surface area (Å²) in [5.41, 5.74) is -0.672. The first-order chi connectivity index (χ1) is 20.6. The lowest BCUT2D eigenvalue weighted by molar-refractivity contribution is -0.137. The molecule has 0 radical (unpaired) electrons. The number of aromatic nitrogens is 2. The molecule has 3 amide bonds. The second kappa shape index (κ2) is 12.8. The zero-order valence-corrected chi connectivity index (χ0v) is 25.2. The maximum Gasteiger partial charge on any atom is 0.416 e. The van der Waals surface area contributed by atoms with Crippen molar-refractivity contribution in [2.24, 2.45) is 13.0 Å². The molecular weight excluding hydrogens is 605 g/mol. The molecule has 0 bridgehead atoms. The molecule has 1 aromatic heterocycles. The number of carbonyl (C=O) groups is 2. The number of carbonyl (C=O) groups excluding carboxylic acids is 2. The van der Waals surface area contributed by atoms with Crippen molar-refractivity contribution in [2.45, 2.75) is 37.2 Å². The molecule has 3 aromatic rings. The minimum Gasteiger partial charge on any atom is -0.486 e. The van der Waals surface area contributed by atoms with Gasteiger partial charge in [0.2, 0.25) is 0 Å². The van der Waals surface area contributed by atoms with Crippen LogP contribution in [0.2, 0.25) is 0 Å². The number of aliphatic hydroxyl groups is 1. The van der Waals surface area contributed by atoms with Crippen LogP contribution in [0.15, 0.2) is 60.0 Å². The number of likely N-dealkylation sites (N-methyl/N-ethyl adjacent to an activating group) is 1. The number of fused-ring (bicyclic) bond motifs is 1. The number of halogens is 3. The van der Waals surface area contributed by atoms with Gasteiger partial charge in [0.05, 0.1) is 42.3 Å². The van der Waals surface area contributed by atoms with E-state index in [1.165, 1.54) is 47.2 Å². The Morgan fingerprint density at radius 1 is 1.20 bits per heavy atom. The summed E-state index contributed by atoms with van der Waals surface area (Å²) in [6.45, 7) is 3.09. The Labute approximate surface area is 252 Å². The molecule has 0 unspecified atom stereocenters. The molecule has 1 aliphatic rings. The van der Waals surface area contributed by atoms with Crippen LogP contribution in [-0.4, -0.2) is 83.1 Å². The van der Waals surface area contributed by atoms with Crippen molar-refractivity contribution in [1.29, 1.82) is 0 Å². The van der Waals surface area contributed by atoms with Gasteiger partial charge in [-0.25, -0.2) is 18.2 Å². The lowest BCUT2D eigenvalue weighted by Gasteiger charge is -2.38. The lowest BCUT2D eigenvalue weighted by atomic mass is 9.99. The Morgan fingerprint density at radius 3 is 2.48 bits per heavy atom. The number of nitrogens with one attached hydrogen (secondary N) is 2. The first kappa shape index (κ1) is 32.8. The molecular formula is C28H33F3N6O6S. The minimum absolute atomic E-state index is 0.0320. The van der Waals surface area contributed by atoms with Gasteiger partial charge in [-0.15, -0.1) is 0 Å². The van der Waals surface area contributed by atoms with Crippen LogP contribution in [0, 0.1) is 5.92 Å². The Balaban J connectivity index is 1.65. The lowest BCUT2D eigenvalue weighted by Crippen LogP contribution is -2.50. The van der Waals surface area contributed by atoms with E-state index < -0.39 is 51.8 Å². The Kier molecular flexibility index (Phi) is 9.56. The summed E-state index contributed by atoms with van der Waals surface area (Å²) in [6, 6.07) is 6.89. The quantitative estimate of drug-likeness (QED) is 0.342. The van der Waals surface area contributed by atoms with E-state index in [0.717, 1.165) is 28.6 Å². The highest BCUT2D eigenvalue weighted by atomic mass is 32.2. The summed E-state index contributed by atoms with van der Waals surface area (Å²) in [7, 11) is -0.996. The van der Waals surface area contributed by atoms with Crippen molar-refractivity contribution in [3.8, 4) is 5.75 Å². The predicted octanol–water partition coefficient (Wildman–Crippen LogP) is 3.62. The van der Waals surface area contributed by atoms with E-state index in [1.54, 1.807) is 20.9 Å². The third kappa shape index (κ3) is 7.14. The maximum atomic E-state index is 13.7. The number of nitrogens with zero attached hydrogens (tertiary/aromatic N) is 4. The molecule has 16 heteroatoms. The molecule has 2 aromatic carbocycles. The number of hydrogen-bond acceptors (Lipinski definition) is 7. The van der Waals surface area contributed by atoms with Crippen LogP contribution in [0.4, 0.5) is 29.3 Å². The van der Waals surface area contributed by atoms with E-state index in [2.05, 4.69) is 15.6 Å². The topological polar surface area (TPSA) is 146 Å². The zero-order valence-electron chi connectivity index (χ0n) is 24.4. The van der Waals surface area contributed by atoms with Gasteiger partial charge >= 0.3 is 12.2 Å². The van der Waals surface area contributed by atoms with Crippen molar-refractivity contribution in [2.75, 3.05) is 37.4 Å². The average molecular weight is 639 g/mol.